The third-order valence-electron chi connectivity index (χ3n) is 2.03. The first-order valence-electron chi connectivity index (χ1n) is 4.74. The van der Waals surface area contributed by atoms with Gasteiger partial charge < -0.3 is 5.32 Å². The van der Waals surface area contributed by atoms with Crippen molar-refractivity contribution in [2.45, 2.75) is 20.3 Å². The molecule has 0 radical (unpaired) electrons. The molecule has 0 saturated carbocycles. The molecule has 1 aromatic rings. The van der Waals surface area contributed by atoms with Gasteiger partial charge in [0, 0.05) is 17.3 Å². The molecule has 1 rings (SSSR count). The Bertz CT molecular complexity index is 331. The van der Waals surface area contributed by atoms with Crippen LogP contribution in [0.25, 0.3) is 0 Å². The van der Waals surface area contributed by atoms with Crippen molar-refractivity contribution in [3.63, 3.8) is 0 Å². The molecule has 0 aliphatic heterocycles. The summed E-state index contributed by atoms with van der Waals surface area (Å²) in [7, 11) is 0. The minimum absolute atomic E-state index is 0.855. The van der Waals surface area contributed by atoms with Crippen molar-refractivity contribution >= 4 is 11.6 Å². The van der Waals surface area contributed by atoms with E-state index in [1.807, 2.05) is 19.9 Å². The van der Waals surface area contributed by atoms with Gasteiger partial charge in [-0.1, -0.05) is 30.3 Å². The van der Waals surface area contributed by atoms with E-state index in [0.717, 1.165) is 23.7 Å². The van der Waals surface area contributed by atoms with Crippen molar-refractivity contribution in [2.75, 3.05) is 6.54 Å². The molecule has 76 valence electrons. The standard InChI is InChI=1S/C12H16ClN/c1-9(2)14-7-6-11-5-4-10(3)8-12(11)13/h4-5,8,14H,1,6-7H2,2-3H3. The molecule has 0 atom stereocenters. The second-order valence-electron chi connectivity index (χ2n) is 3.55. The van der Waals surface area contributed by atoms with Crippen molar-refractivity contribution in [3.8, 4) is 0 Å². The molecule has 0 amide bonds. The van der Waals surface area contributed by atoms with Crippen molar-refractivity contribution in [2.24, 2.45) is 0 Å². The van der Waals surface area contributed by atoms with Gasteiger partial charge in [-0.15, -0.1) is 0 Å². The maximum atomic E-state index is 6.09. The van der Waals surface area contributed by atoms with Crippen LogP contribution in [-0.2, 0) is 6.42 Å². The van der Waals surface area contributed by atoms with Gasteiger partial charge >= 0.3 is 0 Å². The molecular formula is C12H16ClN. The van der Waals surface area contributed by atoms with Gasteiger partial charge in [-0.3, -0.25) is 0 Å². The summed E-state index contributed by atoms with van der Waals surface area (Å²) in [5.74, 6) is 0. The SMILES string of the molecule is C=C(C)NCCc1ccc(C)cc1Cl. The highest BCUT2D eigenvalue weighted by molar-refractivity contribution is 6.31. The number of nitrogens with one attached hydrogen (secondary N) is 1. The molecule has 1 nitrogen and oxygen atoms in total. The van der Waals surface area contributed by atoms with E-state index in [2.05, 4.69) is 24.0 Å². The summed E-state index contributed by atoms with van der Waals surface area (Å²) in [6, 6.07) is 6.16. The molecule has 0 saturated heterocycles. The lowest BCUT2D eigenvalue weighted by Gasteiger charge is -2.07. The fourth-order valence-corrected chi connectivity index (χ4v) is 1.60. The van der Waals surface area contributed by atoms with Gasteiger partial charge in [0.15, 0.2) is 0 Å². The van der Waals surface area contributed by atoms with Gasteiger partial charge in [0.1, 0.15) is 0 Å². The first kappa shape index (κ1) is 11.1. The molecule has 0 unspecified atom stereocenters. The van der Waals surface area contributed by atoms with E-state index in [1.165, 1.54) is 11.1 Å². The average molecular weight is 210 g/mol. The van der Waals surface area contributed by atoms with Gasteiger partial charge in [0.05, 0.1) is 0 Å². The third-order valence-corrected chi connectivity index (χ3v) is 2.38. The summed E-state index contributed by atoms with van der Waals surface area (Å²) in [6.45, 7) is 8.66. The summed E-state index contributed by atoms with van der Waals surface area (Å²) < 4.78 is 0. The van der Waals surface area contributed by atoms with Crippen LogP contribution in [0.4, 0.5) is 0 Å². The number of halogens is 1. The maximum Gasteiger partial charge on any atom is 0.0441 e. The largest absolute Gasteiger partial charge is 0.389 e. The van der Waals surface area contributed by atoms with Crippen LogP contribution in [-0.4, -0.2) is 6.54 Å². The van der Waals surface area contributed by atoms with E-state index in [-0.39, 0.29) is 0 Å². The Morgan fingerprint density at radius 3 is 2.79 bits per heavy atom. The highest BCUT2D eigenvalue weighted by Crippen LogP contribution is 2.17. The van der Waals surface area contributed by atoms with Gasteiger partial charge in [-0.25, -0.2) is 0 Å². The molecule has 0 fully saturated rings. The van der Waals surface area contributed by atoms with E-state index in [4.69, 9.17) is 11.6 Å². The van der Waals surface area contributed by atoms with Crippen LogP contribution in [0, 0.1) is 6.92 Å². The quantitative estimate of drug-likeness (QED) is 0.803. The van der Waals surface area contributed by atoms with Crippen LogP contribution in [0.2, 0.25) is 5.02 Å². The lowest BCUT2D eigenvalue weighted by Crippen LogP contribution is -2.14. The Balaban J connectivity index is 2.55. The van der Waals surface area contributed by atoms with E-state index in [1.54, 1.807) is 0 Å². The Kier molecular flexibility index (Phi) is 4.02. The number of rotatable bonds is 4. The zero-order valence-corrected chi connectivity index (χ0v) is 9.49. The number of aryl methyl sites for hydroxylation is 1. The van der Waals surface area contributed by atoms with Gasteiger partial charge in [-0.2, -0.15) is 0 Å². The zero-order valence-electron chi connectivity index (χ0n) is 8.73. The molecule has 1 N–H and O–H groups in total. The molecule has 0 bridgehead atoms. The number of hydrogen-bond donors (Lipinski definition) is 1. The van der Waals surface area contributed by atoms with Crippen LogP contribution in [0.15, 0.2) is 30.5 Å². The van der Waals surface area contributed by atoms with Gasteiger partial charge in [0.2, 0.25) is 0 Å². The van der Waals surface area contributed by atoms with E-state index < -0.39 is 0 Å². The fourth-order valence-electron chi connectivity index (χ4n) is 1.27. The van der Waals surface area contributed by atoms with Crippen LogP contribution in [0.1, 0.15) is 18.1 Å². The van der Waals surface area contributed by atoms with Crippen LogP contribution in [0.3, 0.4) is 0 Å². The summed E-state index contributed by atoms with van der Waals surface area (Å²) >= 11 is 6.09. The van der Waals surface area contributed by atoms with Crippen molar-refractivity contribution in [1.82, 2.24) is 5.32 Å². The Labute approximate surface area is 90.8 Å². The van der Waals surface area contributed by atoms with Crippen LogP contribution >= 0.6 is 11.6 Å². The van der Waals surface area contributed by atoms with E-state index in [0.29, 0.717) is 0 Å². The highest BCUT2D eigenvalue weighted by Gasteiger charge is 1.99. The predicted octanol–water partition coefficient (Wildman–Crippen LogP) is 3.31. The molecular weight excluding hydrogens is 194 g/mol. The third kappa shape index (κ3) is 3.43. The molecule has 0 spiro atoms. The minimum atomic E-state index is 0.855. The van der Waals surface area contributed by atoms with Gasteiger partial charge in [0.25, 0.3) is 0 Å². The lowest BCUT2D eigenvalue weighted by atomic mass is 10.1. The smallest absolute Gasteiger partial charge is 0.0441 e. The number of benzene rings is 1. The first-order valence-corrected chi connectivity index (χ1v) is 5.12. The van der Waals surface area contributed by atoms with Crippen LogP contribution in [0.5, 0.6) is 0 Å². The number of hydrogen-bond acceptors (Lipinski definition) is 1. The average Bonchev–Trinajstić information content (AvgIpc) is 2.08. The maximum absolute atomic E-state index is 6.09. The van der Waals surface area contributed by atoms with E-state index in [9.17, 15) is 0 Å². The molecule has 14 heavy (non-hydrogen) atoms. The molecule has 0 aliphatic carbocycles. The Morgan fingerprint density at radius 1 is 1.50 bits per heavy atom. The first-order chi connectivity index (χ1) is 6.59. The highest BCUT2D eigenvalue weighted by atomic mass is 35.5. The fraction of sp³-hybridized carbons (Fsp3) is 0.333. The van der Waals surface area contributed by atoms with E-state index >= 15 is 0 Å². The summed E-state index contributed by atoms with van der Waals surface area (Å²) in [4.78, 5) is 0. The lowest BCUT2D eigenvalue weighted by molar-refractivity contribution is 0.791. The Morgan fingerprint density at radius 2 is 2.21 bits per heavy atom. The molecule has 0 aliphatic rings. The van der Waals surface area contributed by atoms with Crippen molar-refractivity contribution in [3.05, 3.63) is 46.6 Å². The minimum Gasteiger partial charge on any atom is -0.389 e. The second-order valence-corrected chi connectivity index (χ2v) is 3.96. The van der Waals surface area contributed by atoms with Gasteiger partial charge in [-0.05, 0) is 37.5 Å². The van der Waals surface area contributed by atoms with Crippen LogP contribution < -0.4 is 5.32 Å². The second kappa shape index (κ2) is 5.06. The topological polar surface area (TPSA) is 12.0 Å². The van der Waals surface area contributed by atoms with Crippen molar-refractivity contribution in [1.29, 1.82) is 0 Å². The summed E-state index contributed by atoms with van der Waals surface area (Å²) in [5.41, 5.74) is 3.38. The number of allylic oxidation sites excluding steroid dienone is 1. The molecule has 0 aromatic heterocycles. The summed E-state index contributed by atoms with van der Waals surface area (Å²) in [5, 5.41) is 4.04. The molecule has 2 heteroatoms. The molecule has 0 heterocycles. The predicted molar refractivity (Wildman–Crippen MR) is 62.7 cm³/mol. The zero-order chi connectivity index (χ0) is 10.6. The summed E-state index contributed by atoms with van der Waals surface area (Å²) in [6.07, 6.45) is 0.936. The van der Waals surface area contributed by atoms with Crippen molar-refractivity contribution < 1.29 is 0 Å². The Hall–Kier alpha value is -0.950. The monoisotopic (exact) mass is 209 g/mol. The normalized spacial score (nSPS) is 9.93. The molecule has 1 aromatic carbocycles.